The maximum Gasteiger partial charge on any atom is 0.338 e. The largest absolute Gasteiger partial charge is 0.478 e. The predicted octanol–water partition coefficient (Wildman–Crippen LogP) is 4.09. The lowest BCUT2D eigenvalue weighted by molar-refractivity contribution is 0.0696. The van der Waals surface area contributed by atoms with Crippen LogP contribution < -0.4 is 4.90 Å². The summed E-state index contributed by atoms with van der Waals surface area (Å²) in [4.78, 5) is 13.3. The smallest absolute Gasteiger partial charge is 0.338 e. The van der Waals surface area contributed by atoms with Crippen molar-refractivity contribution < 1.29 is 9.90 Å². The number of hydrogen-bond donors (Lipinski definition) is 1. The number of carboxylic acid groups (broad SMARTS) is 1. The number of carboxylic acids is 1. The van der Waals surface area contributed by atoms with Gasteiger partial charge >= 0.3 is 5.97 Å². The molecule has 0 bridgehead atoms. The fraction of sp³-hybridized carbons (Fsp3) is 0.188. The van der Waals surface area contributed by atoms with Crippen LogP contribution in [0.25, 0.3) is 0 Å². The van der Waals surface area contributed by atoms with Crippen molar-refractivity contribution in [2.24, 2.45) is 0 Å². The van der Waals surface area contributed by atoms with Crippen LogP contribution in [-0.4, -0.2) is 18.1 Å². The summed E-state index contributed by atoms with van der Waals surface area (Å²) in [7, 11) is 1.90. The van der Waals surface area contributed by atoms with Gasteiger partial charge in [0.1, 0.15) is 0 Å². The van der Waals surface area contributed by atoms with Crippen LogP contribution in [0.2, 0.25) is 0 Å². The molecule has 0 aliphatic heterocycles. The lowest BCUT2D eigenvalue weighted by Crippen LogP contribution is -2.19. The maximum absolute atomic E-state index is 11.4. The number of benzene rings is 2. The molecule has 2 aromatic carbocycles. The standard InChI is InChI=1S/C16H16BrNO2/c1-11-6-8-12(9-7-11)10-18(2)14-5-3-4-13(17)15(14)16(19)20/h3-9H,10H2,1-2H3,(H,19,20). The van der Waals surface area contributed by atoms with Crippen molar-refractivity contribution in [3.8, 4) is 0 Å². The molecule has 0 fully saturated rings. The van der Waals surface area contributed by atoms with Crippen molar-refractivity contribution in [3.63, 3.8) is 0 Å². The van der Waals surface area contributed by atoms with Crippen molar-refractivity contribution in [1.82, 2.24) is 0 Å². The first-order chi connectivity index (χ1) is 9.49. The molecule has 1 N–H and O–H groups in total. The van der Waals surface area contributed by atoms with E-state index in [0.717, 1.165) is 5.56 Å². The molecule has 2 aromatic rings. The molecule has 104 valence electrons. The quantitative estimate of drug-likeness (QED) is 0.915. The van der Waals surface area contributed by atoms with Crippen LogP contribution in [0, 0.1) is 6.92 Å². The Kier molecular flexibility index (Phi) is 4.45. The summed E-state index contributed by atoms with van der Waals surface area (Å²) in [5, 5.41) is 9.34. The molecule has 20 heavy (non-hydrogen) atoms. The third-order valence-corrected chi connectivity index (χ3v) is 3.82. The zero-order valence-corrected chi connectivity index (χ0v) is 13.0. The Labute approximate surface area is 127 Å². The van der Waals surface area contributed by atoms with Crippen LogP contribution in [0.4, 0.5) is 5.69 Å². The van der Waals surface area contributed by atoms with Crippen LogP contribution >= 0.6 is 15.9 Å². The van der Waals surface area contributed by atoms with E-state index < -0.39 is 5.97 Å². The van der Waals surface area contributed by atoms with E-state index in [-0.39, 0.29) is 0 Å². The molecule has 0 radical (unpaired) electrons. The molecule has 0 aromatic heterocycles. The summed E-state index contributed by atoms with van der Waals surface area (Å²) >= 11 is 3.30. The summed E-state index contributed by atoms with van der Waals surface area (Å²) < 4.78 is 0.596. The highest BCUT2D eigenvalue weighted by Crippen LogP contribution is 2.28. The van der Waals surface area contributed by atoms with Gasteiger partial charge in [-0.2, -0.15) is 0 Å². The number of aryl methyl sites for hydroxylation is 1. The Morgan fingerprint density at radius 2 is 1.85 bits per heavy atom. The third-order valence-electron chi connectivity index (χ3n) is 3.16. The van der Waals surface area contributed by atoms with Crippen LogP contribution in [0.15, 0.2) is 46.9 Å². The van der Waals surface area contributed by atoms with E-state index in [9.17, 15) is 9.90 Å². The zero-order valence-electron chi connectivity index (χ0n) is 11.4. The fourth-order valence-corrected chi connectivity index (χ4v) is 2.62. The molecule has 0 amide bonds. The molecular weight excluding hydrogens is 318 g/mol. The second kappa shape index (κ2) is 6.09. The van der Waals surface area contributed by atoms with Gasteiger partial charge in [-0.15, -0.1) is 0 Å². The number of anilines is 1. The lowest BCUT2D eigenvalue weighted by atomic mass is 10.1. The second-order valence-corrected chi connectivity index (χ2v) is 5.64. The van der Waals surface area contributed by atoms with Crippen molar-refractivity contribution in [3.05, 3.63) is 63.6 Å². The van der Waals surface area contributed by atoms with Crippen LogP contribution in [0.3, 0.4) is 0 Å². The molecule has 4 heteroatoms. The predicted molar refractivity (Wildman–Crippen MR) is 84.4 cm³/mol. The van der Waals surface area contributed by atoms with Crippen molar-refractivity contribution in [2.75, 3.05) is 11.9 Å². The van der Waals surface area contributed by atoms with Gasteiger partial charge in [-0.05, 0) is 40.5 Å². The number of nitrogens with zero attached hydrogens (tertiary/aromatic N) is 1. The van der Waals surface area contributed by atoms with Gasteiger partial charge in [0, 0.05) is 18.1 Å². The number of carbonyl (C=O) groups is 1. The van der Waals surface area contributed by atoms with E-state index >= 15 is 0 Å². The Morgan fingerprint density at radius 3 is 2.45 bits per heavy atom. The Hall–Kier alpha value is -1.81. The minimum Gasteiger partial charge on any atom is -0.478 e. The molecule has 0 saturated carbocycles. The Balaban J connectivity index is 2.29. The average Bonchev–Trinajstić information content (AvgIpc) is 2.40. The van der Waals surface area contributed by atoms with Crippen LogP contribution in [-0.2, 0) is 6.54 Å². The summed E-state index contributed by atoms with van der Waals surface area (Å²) in [6, 6.07) is 13.6. The Bertz CT molecular complexity index is 623. The number of aromatic carboxylic acids is 1. The molecule has 0 saturated heterocycles. The first kappa shape index (κ1) is 14.6. The highest BCUT2D eigenvalue weighted by molar-refractivity contribution is 9.10. The first-order valence-electron chi connectivity index (χ1n) is 6.27. The molecule has 3 nitrogen and oxygen atoms in total. The van der Waals surface area contributed by atoms with Gasteiger partial charge in [-0.1, -0.05) is 35.9 Å². The van der Waals surface area contributed by atoms with E-state index in [1.165, 1.54) is 5.56 Å². The molecule has 0 heterocycles. The minimum atomic E-state index is -0.928. The summed E-state index contributed by atoms with van der Waals surface area (Å²) in [5.74, 6) is -0.928. The molecule has 0 spiro atoms. The van der Waals surface area contributed by atoms with Gasteiger partial charge in [0.05, 0.1) is 11.3 Å². The topological polar surface area (TPSA) is 40.5 Å². The van der Waals surface area contributed by atoms with E-state index in [1.807, 2.05) is 31.0 Å². The molecule has 0 aliphatic carbocycles. The van der Waals surface area contributed by atoms with Gasteiger partial charge in [0.2, 0.25) is 0 Å². The number of halogens is 1. The molecule has 0 aliphatic rings. The third kappa shape index (κ3) is 3.20. The van der Waals surface area contributed by atoms with Crippen molar-refractivity contribution in [2.45, 2.75) is 13.5 Å². The number of rotatable bonds is 4. The van der Waals surface area contributed by atoms with E-state index in [4.69, 9.17) is 0 Å². The van der Waals surface area contributed by atoms with Crippen LogP contribution in [0.5, 0.6) is 0 Å². The maximum atomic E-state index is 11.4. The molecular formula is C16H16BrNO2. The second-order valence-electron chi connectivity index (χ2n) is 4.78. The fourth-order valence-electron chi connectivity index (χ4n) is 2.10. The molecule has 0 atom stereocenters. The Morgan fingerprint density at radius 1 is 1.20 bits per heavy atom. The summed E-state index contributed by atoms with van der Waals surface area (Å²) in [5.41, 5.74) is 3.36. The van der Waals surface area contributed by atoms with Crippen LogP contribution in [0.1, 0.15) is 21.5 Å². The first-order valence-corrected chi connectivity index (χ1v) is 7.07. The van der Waals surface area contributed by atoms with Gasteiger partial charge in [0.15, 0.2) is 0 Å². The minimum absolute atomic E-state index is 0.294. The highest BCUT2D eigenvalue weighted by atomic mass is 79.9. The monoisotopic (exact) mass is 333 g/mol. The molecule has 2 rings (SSSR count). The average molecular weight is 334 g/mol. The summed E-state index contributed by atoms with van der Waals surface area (Å²) in [6.07, 6.45) is 0. The normalized spacial score (nSPS) is 10.3. The summed E-state index contributed by atoms with van der Waals surface area (Å²) in [6.45, 7) is 2.71. The SMILES string of the molecule is Cc1ccc(CN(C)c2cccc(Br)c2C(=O)O)cc1. The van der Waals surface area contributed by atoms with Crippen molar-refractivity contribution in [1.29, 1.82) is 0 Å². The van der Waals surface area contributed by atoms with Crippen molar-refractivity contribution >= 4 is 27.6 Å². The molecule has 0 unspecified atom stereocenters. The van der Waals surface area contributed by atoms with E-state index in [0.29, 0.717) is 22.3 Å². The van der Waals surface area contributed by atoms with Gasteiger partial charge < -0.3 is 10.0 Å². The zero-order chi connectivity index (χ0) is 14.7. The van der Waals surface area contributed by atoms with E-state index in [1.54, 1.807) is 6.07 Å². The van der Waals surface area contributed by atoms with E-state index in [2.05, 4.69) is 40.2 Å². The van der Waals surface area contributed by atoms with Gasteiger partial charge in [-0.25, -0.2) is 4.79 Å². The van der Waals surface area contributed by atoms with Gasteiger partial charge in [-0.3, -0.25) is 0 Å². The number of hydrogen-bond acceptors (Lipinski definition) is 2. The van der Waals surface area contributed by atoms with Gasteiger partial charge in [0.25, 0.3) is 0 Å². The highest BCUT2D eigenvalue weighted by Gasteiger charge is 2.16. The lowest BCUT2D eigenvalue weighted by Gasteiger charge is -2.22.